The average Bonchev–Trinajstić information content (AvgIpc) is 3.60. The van der Waals surface area contributed by atoms with Crippen molar-refractivity contribution in [2.24, 2.45) is 0 Å². The van der Waals surface area contributed by atoms with Gasteiger partial charge in [0.2, 0.25) is 0 Å². The minimum Gasteiger partial charge on any atom is -0.457 e. The van der Waals surface area contributed by atoms with Crippen LogP contribution in [0.1, 0.15) is 94.2 Å². The van der Waals surface area contributed by atoms with E-state index in [4.69, 9.17) is 16.8 Å². The van der Waals surface area contributed by atoms with Crippen LogP contribution in [0.2, 0.25) is 0 Å². The van der Waals surface area contributed by atoms with Gasteiger partial charge in [0, 0.05) is 55.8 Å². The van der Waals surface area contributed by atoms with Crippen molar-refractivity contribution in [3.05, 3.63) is 155 Å². The first-order valence-electron chi connectivity index (χ1n) is 22.0. The Hall–Kier alpha value is -4.63. The van der Waals surface area contributed by atoms with Gasteiger partial charge in [-0.2, -0.15) is 0 Å². The topological polar surface area (TPSA) is 38.9 Å². The van der Waals surface area contributed by atoms with Gasteiger partial charge in [-0.3, -0.25) is 0 Å². The molecule has 0 bridgehead atoms. The molecule has 3 heterocycles. The molecule has 1 aliphatic carbocycles. The van der Waals surface area contributed by atoms with E-state index in [-0.39, 0.29) is 53.0 Å². The largest absolute Gasteiger partial charge is 0.457 e. The van der Waals surface area contributed by atoms with Gasteiger partial charge >= 0.3 is 0 Å². The van der Waals surface area contributed by atoms with Gasteiger partial charge in [-0.15, -0.1) is 65.2 Å². The van der Waals surface area contributed by atoms with E-state index in [2.05, 4.69) is 55.9 Å². The van der Waals surface area contributed by atoms with Gasteiger partial charge < -0.3 is 14.4 Å². The molecule has 1 aliphatic rings. The minimum absolute atomic E-state index is 0. The van der Waals surface area contributed by atoms with Crippen molar-refractivity contribution in [3.63, 3.8) is 0 Å². The molecule has 0 aliphatic heterocycles. The third kappa shape index (κ3) is 6.96. The molecule has 3 aromatic heterocycles. The van der Waals surface area contributed by atoms with Gasteiger partial charge in [-0.1, -0.05) is 109 Å². The van der Waals surface area contributed by atoms with E-state index in [0.29, 0.717) is 22.4 Å². The van der Waals surface area contributed by atoms with Crippen LogP contribution in [-0.2, 0) is 36.4 Å². The maximum absolute atomic E-state index is 8.36. The van der Waals surface area contributed by atoms with Gasteiger partial charge in [0.25, 0.3) is 0 Å². The second-order valence-corrected chi connectivity index (χ2v) is 15.6. The number of benzene rings is 4. The van der Waals surface area contributed by atoms with E-state index >= 15 is 0 Å². The summed E-state index contributed by atoms with van der Waals surface area (Å²) in [5, 5.41) is 1.09. The van der Waals surface area contributed by atoms with E-state index < -0.39 is 20.6 Å². The van der Waals surface area contributed by atoms with Crippen molar-refractivity contribution < 1.29 is 36.9 Å². The summed E-state index contributed by atoms with van der Waals surface area (Å²) in [5.74, 6) is 0.813. The van der Waals surface area contributed by atoms with Crippen LogP contribution in [0.15, 0.2) is 114 Å². The molecule has 271 valence electrons. The fourth-order valence-corrected chi connectivity index (χ4v) is 7.03. The second kappa shape index (κ2) is 14.3. The molecule has 7 aromatic rings. The van der Waals surface area contributed by atoms with Gasteiger partial charge in [-0.05, 0) is 87.6 Å². The van der Waals surface area contributed by atoms with Crippen LogP contribution < -0.4 is 0 Å². The molecular weight excluding hydrogens is 825 g/mol. The van der Waals surface area contributed by atoms with Crippen LogP contribution in [-0.4, -0.2) is 9.97 Å². The van der Waals surface area contributed by atoms with Crippen molar-refractivity contribution in [1.29, 1.82) is 0 Å². The fourth-order valence-electron chi connectivity index (χ4n) is 7.03. The Labute approximate surface area is 341 Å². The van der Waals surface area contributed by atoms with E-state index in [9.17, 15) is 0 Å². The Bertz CT molecular complexity index is 2740. The van der Waals surface area contributed by atoms with Crippen molar-refractivity contribution in [2.75, 3.05) is 0 Å². The molecule has 1 radical (unpaired) electrons. The SMILES string of the molecule is [2H]C([2H])([2H])c1ccc(-c2[c-]cccc2)nc1.[2H]C([2H])([2H])c1cnc(-c2[c-]cc3c(c2)-c2oc4ccccc4c2C(C)(C)C3(C)C)cc1-c1ccc(C(C)(C)C)cc1C([2H])([2H])[2H].[Ir]. The van der Waals surface area contributed by atoms with Crippen LogP contribution >= 0.6 is 0 Å². The zero-order valence-corrected chi connectivity index (χ0v) is 33.4. The van der Waals surface area contributed by atoms with Gasteiger partial charge in [-0.25, -0.2) is 0 Å². The number of fused-ring (bicyclic) bond motifs is 5. The van der Waals surface area contributed by atoms with Crippen molar-refractivity contribution in [3.8, 4) is 45.0 Å². The Morgan fingerprint density at radius 2 is 1.45 bits per heavy atom. The molecule has 8 rings (SSSR count). The van der Waals surface area contributed by atoms with E-state index in [1.807, 2.05) is 75.4 Å². The van der Waals surface area contributed by atoms with Gasteiger partial charge in [0.15, 0.2) is 0 Å². The van der Waals surface area contributed by atoms with Crippen LogP contribution in [0.5, 0.6) is 0 Å². The first-order valence-corrected chi connectivity index (χ1v) is 17.5. The predicted octanol–water partition coefficient (Wildman–Crippen LogP) is 13.0. The Morgan fingerprint density at radius 1 is 0.679 bits per heavy atom. The zero-order chi connectivity index (χ0) is 44.5. The third-order valence-electron chi connectivity index (χ3n) is 10.8. The number of aromatic nitrogens is 2. The Morgan fingerprint density at radius 3 is 2.15 bits per heavy atom. The number of para-hydroxylation sites is 1. The number of aryl methyl sites for hydroxylation is 3. The van der Waals surface area contributed by atoms with Crippen LogP contribution in [0.4, 0.5) is 0 Å². The molecule has 0 saturated carbocycles. The smallest absolute Gasteiger partial charge is 0.135 e. The normalized spacial score (nSPS) is 17.2. The summed E-state index contributed by atoms with van der Waals surface area (Å²) in [6, 6.07) is 36.3. The first kappa shape index (κ1) is 27.9. The molecule has 0 saturated heterocycles. The molecule has 4 aromatic carbocycles. The molecule has 53 heavy (non-hydrogen) atoms. The standard InChI is InChI=1S/C37H38NO.C12H10N.Ir/c1-22-18-25(35(3,4)5)15-16-26(22)28-20-31(38-21-23(28)2)24-14-17-30-29(19-24)34-33(37(8,9)36(30,6)7)27-12-10-11-13-32(27)39-34;1-10-7-8-12(13-9-10)11-5-3-2-4-6-11;/h10-13,15-21H,1-9H3;2-5,7-9H,1H3;/q2*-1;/i1D3,2D3;1D3;. The summed E-state index contributed by atoms with van der Waals surface area (Å²) in [7, 11) is 0. The zero-order valence-electron chi connectivity index (χ0n) is 40.0. The van der Waals surface area contributed by atoms with E-state index in [0.717, 1.165) is 50.2 Å². The minimum atomic E-state index is -2.51. The number of furan rings is 1. The monoisotopic (exact) mass is 882 g/mol. The summed E-state index contributed by atoms with van der Waals surface area (Å²) in [4.78, 5) is 8.72. The van der Waals surface area contributed by atoms with Crippen LogP contribution in [0.3, 0.4) is 0 Å². The molecule has 0 spiro atoms. The fraction of sp³-hybridized carbons (Fsp3) is 0.265. The van der Waals surface area contributed by atoms with Crippen LogP contribution in [0, 0.1) is 32.7 Å². The molecule has 0 amide bonds. The van der Waals surface area contributed by atoms with Gasteiger partial charge in [0.1, 0.15) is 11.3 Å². The first-order chi connectivity index (χ1) is 28.3. The number of nitrogens with zero attached hydrogens (tertiary/aromatic N) is 2. The number of pyridine rings is 2. The Kier molecular flexibility index (Phi) is 7.53. The summed E-state index contributed by atoms with van der Waals surface area (Å²) >= 11 is 0. The van der Waals surface area contributed by atoms with Gasteiger partial charge in [0.05, 0.1) is 0 Å². The average molecular weight is 882 g/mol. The Balaban J connectivity index is 0.000000317. The molecule has 3 nitrogen and oxygen atoms in total. The molecular formula is C49H48IrN2O-2. The number of rotatable bonds is 3. The predicted molar refractivity (Wildman–Crippen MR) is 217 cm³/mol. The number of hydrogen-bond acceptors (Lipinski definition) is 3. The number of hydrogen-bond donors (Lipinski definition) is 0. The summed E-state index contributed by atoms with van der Waals surface area (Å²) in [6.07, 6.45) is 2.74. The molecule has 0 N–H and O–H groups in total. The summed E-state index contributed by atoms with van der Waals surface area (Å²) in [6.45, 7) is 7.98. The van der Waals surface area contributed by atoms with E-state index in [1.165, 1.54) is 12.4 Å². The quantitative estimate of drug-likeness (QED) is 0.166. The van der Waals surface area contributed by atoms with Crippen molar-refractivity contribution in [1.82, 2.24) is 9.97 Å². The second-order valence-electron chi connectivity index (χ2n) is 15.6. The summed E-state index contributed by atoms with van der Waals surface area (Å²) < 4.78 is 78.1. The van der Waals surface area contributed by atoms with Crippen molar-refractivity contribution in [2.45, 2.75) is 85.3 Å². The molecule has 0 atom stereocenters. The third-order valence-corrected chi connectivity index (χ3v) is 10.8. The maximum Gasteiger partial charge on any atom is 0.135 e. The maximum atomic E-state index is 8.36. The summed E-state index contributed by atoms with van der Waals surface area (Å²) in [5.41, 5.74) is 7.90. The van der Waals surface area contributed by atoms with Crippen molar-refractivity contribution >= 4 is 11.0 Å². The van der Waals surface area contributed by atoms with E-state index in [1.54, 1.807) is 36.4 Å². The molecule has 0 unspecified atom stereocenters. The molecule has 4 heteroatoms. The molecule has 0 fully saturated rings. The van der Waals surface area contributed by atoms with Crippen LogP contribution in [0.25, 0.3) is 55.9 Å².